The van der Waals surface area contributed by atoms with Crippen LogP contribution in [0.5, 0.6) is 0 Å². The molecule has 1 saturated carbocycles. The summed E-state index contributed by atoms with van der Waals surface area (Å²) < 4.78 is 0. The molecular formula is C17H25ClO. The second-order valence-corrected chi connectivity index (χ2v) is 7.08. The van der Waals surface area contributed by atoms with Crippen LogP contribution < -0.4 is 0 Å². The minimum atomic E-state index is -0.573. The molecule has 3 atom stereocenters. The molecule has 0 bridgehead atoms. The van der Waals surface area contributed by atoms with E-state index < -0.39 is 5.60 Å². The second kappa shape index (κ2) is 5.85. The van der Waals surface area contributed by atoms with Gasteiger partial charge in [-0.25, -0.2) is 0 Å². The van der Waals surface area contributed by atoms with Gasteiger partial charge in [0.05, 0.1) is 5.60 Å². The van der Waals surface area contributed by atoms with Crippen LogP contribution in [0.2, 0.25) is 5.02 Å². The molecule has 0 aromatic heterocycles. The lowest BCUT2D eigenvalue weighted by Crippen LogP contribution is -2.47. The summed E-state index contributed by atoms with van der Waals surface area (Å²) in [6, 6.07) is 7.91. The van der Waals surface area contributed by atoms with Crippen molar-refractivity contribution in [3.8, 4) is 0 Å². The van der Waals surface area contributed by atoms with Gasteiger partial charge in [-0.3, -0.25) is 0 Å². The molecule has 0 spiro atoms. The molecule has 1 fully saturated rings. The highest BCUT2D eigenvalue weighted by Crippen LogP contribution is 2.42. The van der Waals surface area contributed by atoms with Gasteiger partial charge in [-0.1, -0.05) is 50.9 Å². The average Bonchev–Trinajstić information content (AvgIpc) is 2.27. The number of benzene rings is 1. The average molecular weight is 281 g/mol. The van der Waals surface area contributed by atoms with Crippen molar-refractivity contribution in [2.24, 2.45) is 17.8 Å². The Hall–Kier alpha value is -0.530. The quantitative estimate of drug-likeness (QED) is 0.850. The van der Waals surface area contributed by atoms with Gasteiger partial charge in [-0.05, 0) is 48.3 Å². The highest BCUT2D eigenvalue weighted by molar-refractivity contribution is 6.30. The molecule has 0 radical (unpaired) electrons. The van der Waals surface area contributed by atoms with Crippen LogP contribution in [0.4, 0.5) is 0 Å². The number of halogens is 1. The van der Waals surface area contributed by atoms with Crippen LogP contribution in [0, 0.1) is 17.8 Å². The first-order valence-electron chi connectivity index (χ1n) is 7.37. The molecule has 1 aliphatic carbocycles. The van der Waals surface area contributed by atoms with E-state index in [4.69, 9.17) is 11.6 Å². The van der Waals surface area contributed by atoms with Gasteiger partial charge in [-0.15, -0.1) is 0 Å². The van der Waals surface area contributed by atoms with Gasteiger partial charge < -0.3 is 5.11 Å². The fraction of sp³-hybridized carbons (Fsp3) is 0.647. The molecule has 0 heterocycles. The zero-order chi connectivity index (χ0) is 14.0. The molecule has 106 valence electrons. The number of hydrogen-bond donors (Lipinski definition) is 1. The lowest BCUT2D eigenvalue weighted by Gasteiger charge is -2.45. The van der Waals surface area contributed by atoms with Crippen molar-refractivity contribution < 1.29 is 5.11 Å². The molecule has 1 aromatic rings. The van der Waals surface area contributed by atoms with Gasteiger partial charge in [0.1, 0.15) is 0 Å². The molecule has 0 amide bonds. The highest BCUT2D eigenvalue weighted by atomic mass is 35.5. The van der Waals surface area contributed by atoms with Crippen molar-refractivity contribution in [2.75, 3.05) is 0 Å². The van der Waals surface area contributed by atoms with E-state index in [1.54, 1.807) is 0 Å². The molecule has 19 heavy (non-hydrogen) atoms. The van der Waals surface area contributed by atoms with Crippen LogP contribution in [0.25, 0.3) is 0 Å². The Bertz CT molecular complexity index is 429. The molecule has 0 saturated heterocycles. The van der Waals surface area contributed by atoms with E-state index in [0.29, 0.717) is 17.8 Å². The number of rotatable bonds is 3. The zero-order valence-electron chi connectivity index (χ0n) is 12.2. The maximum Gasteiger partial charge on any atom is 0.0720 e. The lowest BCUT2D eigenvalue weighted by atomic mass is 9.65. The summed E-state index contributed by atoms with van der Waals surface area (Å²) in [5.74, 6) is 1.53. The van der Waals surface area contributed by atoms with Crippen LogP contribution in [-0.4, -0.2) is 10.7 Å². The van der Waals surface area contributed by atoms with Gasteiger partial charge in [0.2, 0.25) is 0 Å². The first-order chi connectivity index (χ1) is 8.90. The van der Waals surface area contributed by atoms with Crippen LogP contribution in [0.3, 0.4) is 0 Å². The molecule has 2 heteroatoms. The first kappa shape index (κ1) is 14.9. The molecule has 2 rings (SSSR count). The van der Waals surface area contributed by atoms with Crippen LogP contribution in [0.15, 0.2) is 24.3 Å². The molecule has 1 N–H and O–H groups in total. The van der Waals surface area contributed by atoms with Gasteiger partial charge >= 0.3 is 0 Å². The van der Waals surface area contributed by atoms with Crippen LogP contribution in [-0.2, 0) is 6.42 Å². The maximum atomic E-state index is 11.2. The Kier molecular flexibility index (Phi) is 4.58. The second-order valence-electron chi connectivity index (χ2n) is 6.65. The predicted molar refractivity (Wildman–Crippen MR) is 81.4 cm³/mol. The van der Waals surface area contributed by atoms with E-state index in [1.807, 2.05) is 18.2 Å². The molecule has 1 nitrogen and oxygen atoms in total. The fourth-order valence-electron chi connectivity index (χ4n) is 3.75. The SMILES string of the molecule is CC1CCC(C(C)C)C(O)(Cc2cccc(Cl)c2)C1. The summed E-state index contributed by atoms with van der Waals surface area (Å²) in [5.41, 5.74) is 0.575. The van der Waals surface area contributed by atoms with Gasteiger partial charge in [-0.2, -0.15) is 0 Å². The summed E-state index contributed by atoms with van der Waals surface area (Å²) >= 11 is 6.05. The van der Waals surface area contributed by atoms with Gasteiger partial charge in [0.25, 0.3) is 0 Å². The highest BCUT2D eigenvalue weighted by Gasteiger charge is 2.42. The molecular weight excluding hydrogens is 256 g/mol. The van der Waals surface area contributed by atoms with Crippen LogP contribution in [0.1, 0.15) is 45.6 Å². The summed E-state index contributed by atoms with van der Waals surface area (Å²) in [4.78, 5) is 0. The third kappa shape index (κ3) is 3.52. The van der Waals surface area contributed by atoms with Crippen molar-refractivity contribution in [1.82, 2.24) is 0 Å². The van der Waals surface area contributed by atoms with Crippen molar-refractivity contribution in [1.29, 1.82) is 0 Å². The van der Waals surface area contributed by atoms with E-state index >= 15 is 0 Å². The normalized spacial score (nSPS) is 31.7. The monoisotopic (exact) mass is 280 g/mol. The minimum absolute atomic E-state index is 0.391. The van der Waals surface area contributed by atoms with Gasteiger partial charge in [0.15, 0.2) is 0 Å². The van der Waals surface area contributed by atoms with Crippen molar-refractivity contribution in [3.63, 3.8) is 0 Å². The van der Waals surface area contributed by atoms with E-state index in [2.05, 4.69) is 26.8 Å². The summed E-state index contributed by atoms with van der Waals surface area (Å²) in [7, 11) is 0. The number of aliphatic hydroxyl groups is 1. The summed E-state index contributed by atoms with van der Waals surface area (Å²) in [5, 5.41) is 11.9. The molecule has 3 unspecified atom stereocenters. The summed E-state index contributed by atoms with van der Waals surface area (Å²) in [6.45, 7) is 6.70. The van der Waals surface area contributed by atoms with Gasteiger partial charge in [0, 0.05) is 11.4 Å². The minimum Gasteiger partial charge on any atom is -0.389 e. The summed E-state index contributed by atoms with van der Waals surface area (Å²) in [6.07, 6.45) is 4.00. The molecule has 1 aliphatic rings. The standard InChI is InChI=1S/C17H25ClO/c1-12(2)16-8-7-13(3)10-17(16,19)11-14-5-4-6-15(18)9-14/h4-6,9,12-13,16,19H,7-8,10-11H2,1-3H3. The van der Waals surface area contributed by atoms with E-state index in [9.17, 15) is 5.11 Å². The van der Waals surface area contributed by atoms with Crippen molar-refractivity contribution in [2.45, 2.75) is 52.1 Å². The van der Waals surface area contributed by atoms with Crippen molar-refractivity contribution >= 4 is 11.6 Å². The van der Waals surface area contributed by atoms with E-state index in [-0.39, 0.29) is 0 Å². The Morgan fingerprint density at radius 3 is 2.74 bits per heavy atom. The van der Waals surface area contributed by atoms with E-state index in [0.717, 1.165) is 29.8 Å². The maximum absolute atomic E-state index is 11.2. The Balaban J connectivity index is 2.21. The van der Waals surface area contributed by atoms with Crippen molar-refractivity contribution in [3.05, 3.63) is 34.9 Å². The largest absolute Gasteiger partial charge is 0.389 e. The Labute approximate surface area is 122 Å². The smallest absolute Gasteiger partial charge is 0.0720 e. The predicted octanol–water partition coefficient (Wildman–Crippen LogP) is 4.71. The third-order valence-corrected chi connectivity index (χ3v) is 4.80. The third-order valence-electron chi connectivity index (χ3n) is 4.57. The molecule has 0 aliphatic heterocycles. The fourth-order valence-corrected chi connectivity index (χ4v) is 3.96. The molecule has 1 aromatic carbocycles. The van der Waals surface area contributed by atoms with E-state index in [1.165, 1.54) is 6.42 Å². The first-order valence-corrected chi connectivity index (χ1v) is 7.75. The Morgan fingerprint density at radius 1 is 1.37 bits per heavy atom. The Morgan fingerprint density at radius 2 is 2.11 bits per heavy atom. The zero-order valence-corrected chi connectivity index (χ0v) is 13.0. The number of hydrogen-bond acceptors (Lipinski definition) is 1. The van der Waals surface area contributed by atoms with Crippen LogP contribution >= 0.6 is 11.6 Å². The topological polar surface area (TPSA) is 20.2 Å². The lowest BCUT2D eigenvalue weighted by molar-refractivity contribution is -0.0795.